The predicted molar refractivity (Wildman–Crippen MR) is 106 cm³/mol. The van der Waals surface area contributed by atoms with Crippen molar-refractivity contribution in [2.24, 2.45) is 5.92 Å². The lowest BCUT2D eigenvalue weighted by Gasteiger charge is -2.32. The monoisotopic (exact) mass is 397 g/mol. The Balaban J connectivity index is 2.17. The van der Waals surface area contributed by atoms with E-state index in [1.54, 1.807) is 30.9 Å². The molecule has 1 fully saturated rings. The van der Waals surface area contributed by atoms with Crippen LogP contribution in [0.4, 0.5) is 0 Å². The van der Waals surface area contributed by atoms with Gasteiger partial charge in [0.15, 0.2) is 0 Å². The van der Waals surface area contributed by atoms with Crippen LogP contribution in [0.3, 0.4) is 0 Å². The van der Waals surface area contributed by atoms with Gasteiger partial charge >= 0.3 is 0 Å². The van der Waals surface area contributed by atoms with Crippen molar-refractivity contribution in [3.63, 3.8) is 0 Å². The van der Waals surface area contributed by atoms with E-state index < -0.39 is 10.0 Å². The quantitative estimate of drug-likeness (QED) is 0.699. The van der Waals surface area contributed by atoms with Crippen LogP contribution in [0.5, 0.6) is 5.75 Å². The van der Waals surface area contributed by atoms with Crippen LogP contribution < -0.4 is 14.8 Å². The van der Waals surface area contributed by atoms with Gasteiger partial charge in [0, 0.05) is 24.7 Å². The average molecular weight is 398 g/mol. The van der Waals surface area contributed by atoms with E-state index in [1.807, 2.05) is 0 Å². The van der Waals surface area contributed by atoms with Crippen LogP contribution in [0, 0.1) is 5.92 Å². The SMILES string of the molecule is CCNCC1CCN(C(=O)c2ccc(OC)c(S(=O)(=O)NC(C)C)c2)CC1. The summed E-state index contributed by atoms with van der Waals surface area (Å²) < 4.78 is 32.9. The molecular weight excluding hydrogens is 366 g/mol. The summed E-state index contributed by atoms with van der Waals surface area (Å²) >= 11 is 0. The first-order valence-electron chi connectivity index (χ1n) is 9.48. The largest absolute Gasteiger partial charge is 0.495 e. The van der Waals surface area contributed by atoms with E-state index in [0.29, 0.717) is 24.6 Å². The molecule has 1 aliphatic heterocycles. The number of likely N-dealkylation sites (tertiary alicyclic amines) is 1. The first kappa shape index (κ1) is 21.7. The molecule has 0 atom stereocenters. The van der Waals surface area contributed by atoms with Crippen molar-refractivity contribution in [1.82, 2.24) is 14.9 Å². The molecular formula is C19H31N3O4S. The highest BCUT2D eigenvalue weighted by molar-refractivity contribution is 7.89. The number of nitrogens with zero attached hydrogens (tertiary/aromatic N) is 1. The van der Waals surface area contributed by atoms with Gasteiger partial charge in [-0.3, -0.25) is 4.79 Å². The molecule has 8 heteroatoms. The topological polar surface area (TPSA) is 87.7 Å². The molecule has 1 saturated heterocycles. The molecule has 0 radical (unpaired) electrons. The zero-order valence-electron chi connectivity index (χ0n) is 16.6. The molecule has 0 aliphatic carbocycles. The second-order valence-corrected chi connectivity index (χ2v) is 8.87. The maximum atomic E-state index is 12.9. The van der Waals surface area contributed by atoms with Crippen molar-refractivity contribution in [2.45, 2.75) is 44.6 Å². The molecule has 2 rings (SSSR count). The highest BCUT2D eigenvalue weighted by atomic mass is 32.2. The fraction of sp³-hybridized carbons (Fsp3) is 0.632. The van der Waals surface area contributed by atoms with Gasteiger partial charge in [0.05, 0.1) is 7.11 Å². The smallest absolute Gasteiger partial charge is 0.253 e. The van der Waals surface area contributed by atoms with E-state index in [0.717, 1.165) is 25.9 Å². The van der Waals surface area contributed by atoms with Crippen molar-refractivity contribution >= 4 is 15.9 Å². The van der Waals surface area contributed by atoms with Gasteiger partial charge in [0.25, 0.3) is 5.91 Å². The number of benzene rings is 1. The Labute approximate surface area is 162 Å². The van der Waals surface area contributed by atoms with Crippen LogP contribution in [-0.4, -0.2) is 58.6 Å². The number of rotatable bonds is 8. The molecule has 0 unspecified atom stereocenters. The van der Waals surface area contributed by atoms with Gasteiger partial charge in [-0.25, -0.2) is 13.1 Å². The molecule has 1 aromatic rings. The minimum absolute atomic E-state index is 0.00779. The zero-order chi connectivity index (χ0) is 20.0. The third-order valence-corrected chi connectivity index (χ3v) is 6.36. The molecule has 0 saturated carbocycles. The Morgan fingerprint density at radius 3 is 2.52 bits per heavy atom. The van der Waals surface area contributed by atoms with Gasteiger partial charge in [0.1, 0.15) is 10.6 Å². The van der Waals surface area contributed by atoms with E-state index in [-0.39, 0.29) is 22.6 Å². The number of ether oxygens (including phenoxy) is 1. The molecule has 1 aromatic carbocycles. The highest BCUT2D eigenvalue weighted by Crippen LogP contribution is 2.26. The van der Waals surface area contributed by atoms with Gasteiger partial charge < -0.3 is 15.0 Å². The number of amides is 1. The number of methoxy groups -OCH3 is 1. The first-order valence-corrected chi connectivity index (χ1v) is 11.0. The predicted octanol–water partition coefficient (Wildman–Crippen LogP) is 1.84. The lowest BCUT2D eigenvalue weighted by atomic mass is 9.96. The van der Waals surface area contributed by atoms with Crippen molar-refractivity contribution in [2.75, 3.05) is 33.3 Å². The standard InChI is InChI=1S/C19H31N3O4S/c1-5-20-13-15-8-10-22(11-9-15)19(23)16-6-7-17(26-4)18(12-16)27(24,25)21-14(2)3/h6-7,12,14-15,20-21H,5,8-11,13H2,1-4H3. The zero-order valence-corrected chi connectivity index (χ0v) is 17.4. The lowest BCUT2D eigenvalue weighted by molar-refractivity contribution is 0.0690. The maximum absolute atomic E-state index is 12.9. The Morgan fingerprint density at radius 2 is 1.96 bits per heavy atom. The third-order valence-electron chi connectivity index (χ3n) is 4.68. The second kappa shape index (κ2) is 9.52. The fourth-order valence-corrected chi connectivity index (χ4v) is 4.71. The van der Waals surface area contributed by atoms with Gasteiger partial charge in [-0.15, -0.1) is 0 Å². The molecule has 0 aromatic heterocycles. The van der Waals surface area contributed by atoms with Gasteiger partial charge in [0.2, 0.25) is 10.0 Å². The molecule has 152 valence electrons. The van der Waals surface area contributed by atoms with E-state index in [2.05, 4.69) is 17.0 Å². The van der Waals surface area contributed by atoms with Crippen LogP contribution >= 0.6 is 0 Å². The number of hydrogen-bond acceptors (Lipinski definition) is 5. The maximum Gasteiger partial charge on any atom is 0.253 e. The molecule has 1 aliphatic rings. The van der Waals surface area contributed by atoms with Crippen molar-refractivity contribution < 1.29 is 17.9 Å². The van der Waals surface area contributed by atoms with Crippen LogP contribution in [0.1, 0.15) is 44.0 Å². The Bertz CT molecular complexity index is 741. The molecule has 27 heavy (non-hydrogen) atoms. The van der Waals surface area contributed by atoms with E-state index in [4.69, 9.17) is 4.74 Å². The molecule has 7 nitrogen and oxygen atoms in total. The fourth-order valence-electron chi connectivity index (χ4n) is 3.26. The third kappa shape index (κ3) is 5.67. The van der Waals surface area contributed by atoms with E-state index in [9.17, 15) is 13.2 Å². The van der Waals surface area contributed by atoms with Crippen LogP contribution in [-0.2, 0) is 10.0 Å². The minimum atomic E-state index is -3.76. The molecule has 1 amide bonds. The second-order valence-electron chi connectivity index (χ2n) is 7.18. The number of sulfonamides is 1. The summed E-state index contributed by atoms with van der Waals surface area (Å²) in [5, 5.41) is 3.35. The minimum Gasteiger partial charge on any atom is -0.495 e. The summed E-state index contributed by atoms with van der Waals surface area (Å²) in [6.45, 7) is 8.88. The van der Waals surface area contributed by atoms with Crippen molar-refractivity contribution in [3.05, 3.63) is 23.8 Å². The first-order chi connectivity index (χ1) is 12.8. The van der Waals surface area contributed by atoms with Gasteiger partial charge in [-0.2, -0.15) is 0 Å². The number of carbonyl (C=O) groups is 1. The van der Waals surface area contributed by atoms with Crippen molar-refractivity contribution in [3.8, 4) is 5.75 Å². The average Bonchev–Trinajstić information content (AvgIpc) is 2.64. The molecule has 0 bridgehead atoms. The normalized spacial score (nSPS) is 16.0. The van der Waals surface area contributed by atoms with Gasteiger partial charge in [-0.1, -0.05) is 6.92 Å². The summed E-state index contributed by atoms with van der Waals surface area (Å²) in [5.74, 6) is 0.667. The summed E-state index contributed by atoms with van der Waals surface area (Å²) in [7, 11) is -2.35. The Morgan fingerprint density at radius 1 is 1.30 bits per heavy atom. The highest BCUT2D eigenvalue weighted by Gasteiger charge is 2.26. The Kier molecular flexibility index (Phi) is 7.64. The summed E-state index contributed by atoms with van der Waals surface area (Å²) in [4.78, 5) is 14.7. The lowest BCUT2D eigenvalue weighted by Crippen LogP contribution is -2.40. The van der Waals surface area contributed by atoms with Crippen LogP contribution in [0.2, 0.25) is 0 Å². The molecule has 0 spiro atoms. The van der Waals surface area contributed by atoms with Gasteiger partial charge in [-0.05, 0) is 63.9 Å². The van der Waals surface area contributed by atoms with E-state index in [1.165, 1.54) is 13.2 Å². The summed E-state index contributed by atoms with van der Waals surface area (Å²) in [5.41, 5.74) is 0.366. The van der Waals surface area contributed by atoms with E-state index >= 15 is 0 Å². The Hall–Kier alpha value is -1.64. The number of piperidine rings is 1. The summed E-state index contributed by atoms with van der Waals surface area (Å²) in [6.07, 6.45) is 1.91. The number of nitrogens with one attached hydrogen (secondary N) is 2. The van der Waals surface area contributed by atoms with Crippen LogP contribution in [0.15, 0.2) is 23.1 Å². The number of hydrogen-bond donors (Lipinski definition) is 2. The summed E-state index contributed by atoms with van der Waals surface area (Å²) in [6, 6.07) is 4.33. The molecule has 2 N–H and O–H groups in total. The van der Waals surface area contributed by atoms with Crippen LogP contribution in [0.25, 0.3) is 0 Å². The number of carbonyl (C=O) groups excluding carboxylic acids is 1. The van der Waals surface area contributed by atoms with Crippen molar-refractivity contribution in [1.29, 1.82) is 0 Å². The molecule has 1 heterocycles.